The van der Waals surface area contributed by atoms with E-state index in [1.54, 1.807) is 25.3 Å². The Kier molecular flexibility index (Phi) is 5.45. The number of nitrogens with two attached hydrogens (primary N) is 1. The molecule has 5 rings (SSSR count). The van der Waals surface area contributed by atoms with Crippen molar-refractivity contribution >= 4 is 55.7 Å². The number of aryl methyl sites for hydroxylation is 1. The van der Waals surface area contributed by atoms with E-state index in [4.69, 9.17) is 15.5 Å². The minimum atomic E-state index is -0.207. The molecule has 0 unspecified atom stereocenters. The normalized spacial score (nSPS) is 11.0. The number of hydrogen-bond donors (Lipinski definition) is 3. The molecule has 0 aliphatic carbocycles. The fourth-order valence-electron chi connectivity index (χ4n) is 3.44. The molecule has 4 N–H and O–H groups in total. The highest BCUT2D eigenvalue weighted by atomic mass is 32.1. The number of amides is 1. The van der Waals surface area contributed by atoms with Crippen LogP contribution in [-0.4, -0.2) is 27.4 Å². The maximum Gasteiger partial charge on any atom is 0.265 e. The average Bonchev–Trinajstić information content (AvgIpc) is 3.53. The van der Waals surface area contributed by atoms with E-state index < -0.39 is 0 Å². The number of rotatable bonds is 6. The van der Waals surface area contributed by atoms with Gasteiger partial charge in [-0.1, -0.05) is 12.1 Å². The predicted octanol–water partition coefficient (Wildman–Crippen LogP) is 5.41. The molecule has 33 heavy (non-hydrogen) atoms. The van der Waals surface area contributed by atoms with Gasteiger partial charge in [-0.25, -0.2) is 9.97 Å². The number of carbonyl (C=O) groups excluding carboxylic acids is 1. The summed E-state index contributed by atoms with van der Waals surface area (Å²) < 4.78 is 7.34. The maximum atomic E-state index is 12.6. The highest BCUT2D eigenvalue weighted by Crippen LogP contribution is 2.33. The van der Waals surface area contributed by atoms with Gasteiger partial charge in [0.25, 0.3) is 5.91 Å². The van der Waals surface area contributed by atoms with E-state index in [-0.39, 0.29) is 5.91 Å². The lowest BCUT2D eigenvalue weighted by molar-refractivity contribution is 0.103. The summed E-state index contributed by atoms with van der Waals surface area (Å²) in [7, 11) is 1.64. The number of ether oxygens (including phenoxy) is 1. The second kappa shape index (κ2) is 8.57. The molecule has 0 atom stereocenters. The van der Waals surface area contributed by atoms with Gasteiger partial charge in [0.15, 0.2) is 5.13 Å². The van der Waals surface area contributed by atoms with Gasteiger partial charge < -0.3 is 21.1 Å². The topological polar surface area (TPSA) is 107 Å². The minimum Gasteiger partial charge on any atom is -0.495 e. The summed E-state index contributed by atoms with van der Waals surface area (Å²) in [6.07, 6.45) is 1.90. The summed E-state index contributed by atoms with van der Waals surface area (Å²) in [6.45, 7) is 1.96. The lowest BCUT2D eigenvalue weighted by Crippen LogP contribution is -2.11. The first-order valence-electron chi connectivity index (χ1n) is 10.0. The molecule has 0 aliphatic heterocycles. The summed E-state index contributed by atoms with van der Waals surface area (Å²) in [4.78, 5) is 22.5. The number of anilines is 4. The van der Waals surface area contributed by atoms with Crippen LogP contribution in [0.3, 0.4) is 0 Å². The van der Waals surface area contributed by atoms with E-state index in [1.165, 1.54) is 22.7 Å². The third kappa shape index (κ3) is 4.13. The Morgan fingerprint density at radius 2 is 1.97 bits per heavy atom. The molecule has 0 saturated carbocycles. The summed E-state index contributed by atoms with van der Waals surface area (Å²) >= 11 is 2.83. The van der Waals surface area contributed by atoms with Crippen LogP contribution in [0.2, 0.25) is 0 Å². The Labute approximate surface area is 197 Å². The molecular formula is C23H20N6O2S2. The lowest BCUT2D eigenvalue weighted by Gasteiger charge is -2.06. The molecule has 0 spiro atoms. The molecule has 0 saturated heterocycles. The van der Waals surface area contributed by atoms with Crippen LogP contribution in [0.5, 0.6) is 5.75 Å². The summed E-state index contributed by atoms with van der Waals surface area (Å²) in [5, 5.41) is 9.67. The Hall–Kier alpha value is -3.89. The van der Waals surface area contributed by atoms with Gasteiger partial charge in [0.05, 0.1) is 45.9 Å². The molecule has 8 nitrogen and oxygen atoms in total. The highest BCUT2D eigenvalue weighted by molar-refractivity contribution is 7.19. The number of nitrogens with one attached hydrogen (secondary N) is 2. The van der Waals surface area contributed by atoms with Crippen LogP contribution in [0.1, 0.15) is 15.4 Å². The van der Waals surface area contributed by atoms with Crippen LogP contribution in [0.25, 0.3) is 17.0 Å². The monoisotopic (exact) mass is 476 g/mol. The highest BCUT2D eigenvalue weighted by Gasteiger charge is 2.16. The SMILES string of the molecule is COc1ccc2nc(C)c(-c3csc(Nc4ccc(C(=O)Nc5ccccc5N)s4)n3)n2c1. The Bertz CT molecular complexity index is 1470. The molecule has 0 bridgehead atoms. The van der Waals surface area contributed by atoms with Gasteiger partial charge in [-0.3, -0.25) is 9.20 Å². The van der Waals surface area contributed by atoms with Crippen molar-refractivity contribution < 1.29 is 9.53 Å². The third-order valence-electron chi connectivity index (χ3n) is 5.02. The molecule has 4 aromatic heterocycles. The third-order valence-corrected chi connectivity index (χ3v) is 6.77. The standard InChI is InChI=1S/C23H20N6O2S2/c1-13-21(29-11-14(31-2)7-9-19(29)25-13)17-12-32-23(27-17)28-20-10-8-18(33-20)22(30)26-16-6-4-3-5-15(16)24/h3-12H,24H2,1-2H3,(H,26,30)(H,27,28). The van der Waals surface area contributed by atoms with Crippen LogP contribution in [0, 0.1) is 6.92 Å². The zero-order valence-corrected chi connectivity index (χ0v) is 19.5. The number of carbonyl (C=O) groups is 1. The predicted molar refractivity (Wildman–Crippen MR) is 134 cm³/mol. The molecular weight excluding hydrogens is 456 g/mol. The number of thiophene rings is 1. The molecule has 166 valence electrons. The van der Waals surface area contributed by atoms with Gasteiger partial charge in [-0.05, 0) is 43.3 Å². The van der Waals surface area contributed by atoms with Crippen LogP contribution in [-0.2, 0) is 0 Å². The van der Waals surface area contributed by atoms with Crippen molar-refractivity contribution in [3.8, 4) is 17.1 Å². The Morgan fingerprint density at radius 3 is 2.79 bits per heavy atom. The van der Waals surface area contributed by atoms with Gasteiger partial charge >= 0.3 is 0 Å². The van der Waals surface area contributed by atoms with E-state index in [1.807, 2.05) is 53.2 Å². The lowest BCUT2D eigenvalue weighted by atomic mass is 10.2. The molecule has 1 aromatic carbocycles. The zero-order chi connectivity index (χ0) is 22.9. The van der Waals surface area contributed by atoms with Gasteiger partial charge in [0.2, 0.25) is 0 Å². The van der Waals surface area contributed by atoms with Crippen molar-refractivity contribution in [2.24, 2.45) is 0 Å². The maximum absolute atomic E-state index is 12.6. The summed E-state index contributed by atoms with van der Waals surface area (Å²) in [5.74, 6) is 0.539. The average molecular weight is 477 g/mol. The quantitative estimate of drug-likeness (QED) is 0.283. The zero-order valence-electron chi connectivity index (χ0n) is 17.8. The van der Waals surface area contributed by atoms with Crippen molar-refractivity contribution in [3.63, 3.8) is 0 Å². The molecule has 5 aromatic rings. The first kappa shape index (κ1) is 21.0. The number of nitrogens with zero attached hydrogens (tertiary/aromatic N) is 3. The second-order valence-corrected chi connectivity index (χ2v) is 9.15. The smallest absolute Gasteiger partial charge is 0.265 e. The van der Waals surface area contributed by atoms with Crippen LogP contribution in [0.15, 0.2) is 60.1 Å². The Morgan fingerprint density at radius 1 is 1.12 bits per heavy atom. The fourth-order valence-corrected chi connectivity index (χ4v) is 5.01. The van der Waals surface area contributed by atoms with E-state index in [9.17, 15) is 4.79 Å². The van der Waals surface area contributed by atoms with Crippen molar-refractivity contribution in [1.82, 2.24) is 14.4 Å². The fraction of sp³-hybridized carbons (Fsp3) is 0.0870. The largest absolute Gasteiger partial charge is 0.495 e. The van der Waals surface area contributed by atoms with E-state index in [2.05, 4.69) is 15.6 Å². The molecule has 0 radical (unpaired) electrons. The van der Waals surface area contributed by atoms with E-state index >= 15 is 0 Å². The number of pyridine rings is 1. The van der Waals surface area contributed by atoms with Crippen molar-refractivity contribution in [3.05, 3.63) is 70.7 Å². The molecule has 0 fully saturated rings. The second-order valence-electron chi connectivity index (χ2n) is 7.21. The number of thiazole rings is 1. The number of hydrogen-bond acceptors (Lipinski definition) is 8. The number of fused-ring (bicyclic) bond motifs is 1. The van der Waals surface area contributed by atoms with Crippen molar-refractivity contribution in [1.29, 1.82) is 0 Å². The van der Waals surface area contributed by atoms with E-state index in [0.29, 0.717) is 16.3 Å². The number of aromatic nitrogens is 3. The first-order valence-corrected chi connectivity index (χ1v) is 11.7. The molecule has 1 amide bonds. The van der Waals surface area contributed by atoms with E-state index in [0.717, 1.165) is 38.6 Å². The van der Waals surface area contributed by atoms with Gasteiger partial charge in [0.1, 0.15) is 17.1 Å². The number of benzene rings is 1. The molecule has 10 heteroatoms. The summed E-state index contributed by atoms with van der Waals surface area (Å²) in [5.41, 5.74) is 10.5. The number of methoxy groups -OCH3 is 1. The Balaban J connectivity index is 1.35. The van der Waals surface area contributed by atoms with Gasteiger partial charge in [-0.2, -0.15) is 0 Å². The van der Waals surface area contributed by atoms with Crippen LogP contribution >= 0.6 is 22.7 Å². The first-order chi connectivity index (χ1) is 16.0. The minimum absolute atomic E-state index is 0.207. The van der Waals surface area contributed by atoms with Crippen molar-refractivity contribution in [2.75, 3.05) is 23.5 Å². The number of nitrogen functional groups attached to an aromatic ring is 1. The van der Waals surface area contributed by atoms with Crippen molar-refractivity contribution in [2.45, 2.75) is 6.92 Å². The van der Waals surface area contributed by atoms with Crippen LogP contribution in [0.4, 0.5) is 21.5 Å². The number of imidazole rings is 1. The summed E-state index contributed by atoms with van der Waals surface area (Å²) in [6, 6.07) is 14.6. The number of para-hydroxylation sites is 2. The van der Waals surface area contributed by atoms with Crippen LogP contribution < -0.4 is 21.1 Å². The molecule has 0 aliphatic rings. The molecule has 4 heterocycles. The van der Waals surface area contributed by atoms with Gasteiger partial charge in [-0.15, -0.1) is 22.7 Å². The van der Waals surface area contributed by atoms with Gasteiger partial charge in [0, 0.05) is 5.38 Å².